The number of benzene rings is 3. The molecule has 13 heteroatoms. The highest BCUT2D eigenvalue weighted by Crippen LogP contribution is 2.44. The molecule has 1 heterocycles. The van der Waals surface area contributed by atoms with E-state index in [2.05, 4.69) is 15.3 Å². The summed E-state index contributed by atoms with van der Waals surface area (Å²) < 4.78 is 18.1. The molecule has 0 aliphatic heterocycles. The lowest BCUT2D eigenvalue weighted by molar-refractivity contribution is -0.149. The number of fused-ring (bicyclic) bond motifs is 4. The molecule has 1 aliphatic rings. The van der Waals surface area contributed by atoms with Crippen LogP contribution in [0, 0.1) is 0 Å². The number of unbranched alkanes of at least 4 members (excludes halogenated alkanes) is 2. The SMILES string of the molecule is CCOC(=O)CN(CCCCCN=[N+]=[N-])C(=O)[C@H](Cc1cn(C(=O)OC(C)(C)C)c2ccccc12)NC(=O)OCC1c2ccccc2-c2ccccc21. The third kappa shape index (κ3) is 9.75. The quantitative estimate of drug-likeness (QED) is 0.0327. The van der Waals surface area contributed by atoms with E-state index in [-0.39, 0.29) is 38.6 Å². The molecule has 1 aliphatic carbocycles. The van der Waals surface area contributed by atoms with E-state index < -0.39 is 35.7 Å². The van der Waals surface area contributed by atoms with Gasteiger partial charge in [-0.15, -0.1) is 0 Å². The minimum Gasteiger partial charge on any atom is -0.465 e. The first-order valence-electron chi connectivity index (χ1n) is 17.9. The van der Waals surface area contributed by atoms with Crippen molar-refractivity contribution in [1.29, 1.82) is 0 Å². The van der Waals surface area contributed by atoms with E-state index >= 15 is 0 Å². The van der Waals surface area contributed by atoms with Gasteiger partial charge in [0, 0.05) is 41.9 Å². The zero-order chi connectivity index (χ0) is 38.0. The maximum Gasteiger partial charge on any atom is 0.419 e. The molecule has 278 valence electrons. The van der Waals surface area contributed by atoms with E-state index in [1.54, 1.807) is 46.0 Å². The number of amides is 2. The van der Waals surface area contributed by atoms with Crippen LogP contribution in [0.4, 0.5) is 9.59 Å². The standard InChI is InChI=1S/C40H46N6O7/c1-5-51-36(47)25-45(22-14-6-13-21-42-44-41)37(48)34(23-27-24-46(39(50)53-40(2,3)4)35-20-12-11-15-28(27)35)43-38(49)52-26-33-31-18-9-7-16-29(31)30-17-8-10-19-32(30)33/h7-12,15-20,24,33-34H,5-6,13-14,21-23,25-26H2,1-4H3,(H,43,49)/t34-/m0/s1. The Bertz CT molecular complexity index is 1950. The molecular weight excluding hydrogens is 676 g/mol. The number of rotatable bonds is 15. The van der Waals surface area contributed by atoms with Gasteiger partial charge in [0.1, 0.15) is 24.8 Å². The molecule has 5 rings (SSSR count). The zero-order valence-electron chi connectivity index (χ0n) is 30.6. The van der Waals surface area contributed by atoms with Crippen LogP contribution in [0.2, 0.25) is 0 Å². The molecular formula is C40H46N6O7. The van der Waals surface area contributed by atoms with E-state index in [0.29, 0.717) is 42.3 Å². The van der Waals surface area contributed by atoms with Crippen molar-refractivity contribution in [2.24, 2.45) is 5.11 Å². The minimum atomic E-state index is -1.18. The Hall–Kier alpha value is -5.81. The van der Waals surface area contributed by atoms with E-state index in [1.165, 1.54) is 9.47 Å². The Morgan fingerprint density at radius 2 is 1.58 bits per heavy atom. The van der Waals surface area contributed by atoms with Gasteiger partial charge >= 0.3 is 18.2 Å². The van der Waals surface area contributed by atoms with E-state index in [0.717, 1.165) is 22.3 Å². The summed E-state index contributed by atoms with van der Waals surface area (Å²) in [6.45, 7) is 7.37. The number of azide groups is 1. The van der Waals surface area contributed by atoms with Crippen LogP contribution >= 0.6 is 0 Å². The molecule has 1 atom stereocenters. The van der Waals surface area contributed by atoms with Crippen LogP contribution in [0.3, 0.4) is 0 Å². The summed E-state index contributed by atoms with van der Waals surface area (Å²) >= 11 is 0. The Kier molecular flexibility index (Phi) is 12.8. The number of hydrogen-bond donors (Lipinski definition) is 1. The van der Waals surface area contributed by atoms with Crippen molar-refractivity contribution in [2.75, 3.05) is 32.8 Å². The molecule has 0 unspecified atom stereocenters. The summed E-state index contributed by atoms with van der Waals surface area (Å²) in [4.78, 5) is 58.2. The molecule has 1 aromatic heterocycles. The zero-order valence-corrected chi connectivity index (χ0v) is 30.6. The van der Waals surface area contributed by atoms with Crippen molar-refractivity contribution in [2.45, 2.75) is 70.9 Å². The van der Waals surface area contributed by atoms with Crippen LogP contribution in [-0.2, 0) is 30.2 Å². The Balaban J connectivity index is 1.42. The van der Waals surface area contributed by atoms with Crippen molar-refractivity contribution in [1.82, 2.24) is 14.8 Å². The molecule has 3 aromatic carbocycles. The van der Waals surface area contributed by atoms with Gasteiger partial charge in [0.05, 0.1) is 12.1 Å². The third-order valence-corrected chi connectivity index (χ3v) is 8.93. The molecule has 0 bridgehead atoms. The molecule has 13 nitrogen and oxygen atoms in total. The first-order chi connectivity index (χ1) is 25.5. The van der Waals surface area contributed by atoms with Crippen LogP contribution in [0.25, 0.3) is 32.5 Å². The van der Waals surface area contributed by atoms with E-state index in [1.807, 2.05) is 60.7 Å². The van der Waals surface area contributed by atoms with Gasteiger partial charge in [0.2, 0.25) is 5.91 Å². The summed E-state index contributed by atoms with van der Waals surface area (Å²) in [5.41, 5.74) is 13.3. The first kappa shape index (κ1) is 38.4. The van der Waals surface area contributed by atoms with Gasteiger partial charge in [0.25, 0.3) is 0 Å². The number of ether oxygens (including phenoxy) is 3. The van der Waals surface area contributed by atoms with Crippen molar-refractivity contribution < 1.29 is 33.4 Å². The second-order valence-electron chi connectivity index (χ2n) is 13.8. The second kappa shape index (κ2) is 17.6. The van der Waals surface area contributed by atoms with Crippen LogP contribution < -0.4 is 5.32 Å². The fraction of sp³-hybridized carbons (Fsp3) is 0.400. The summed E-state index contributed by atoms with van der Waals surface area (Å²) in [6.07, 6.45) is 1.97. The third-order valence-electron chi connectivity index (χ3n) is 8.93. The Morgan fingerprint density at radius 3 is 2.25 bits per heavy atom. The van der Waals surface area contributed by atoms with Gasteiger partial charge < -0.3 is 24.4 Å². The number of aromatic nitrogens is 1. The van der Waals surface area contributed by atoms with Crippen LogP contribution in [0.1, 0.15) is 69.6 Å². The van der Waals surface area contributed by atoms with E-state index in [9.17, 15) is 19.2 Å². The first-order valence-corrected chi connectivity index (χ1v) is 17.9. The number of hydrogen-bond acceptors (Lipinski definition) is 8. The lowest BCUT2D eigenvalue weighted by Gasteiger charge is -2.27. The average Bonchev–Trinajstić information content (AvgIpc) is 3.66. The second-order valence-corrected chi connectivity index (χ2v) is 13.8. The van der Waals surface area contributed by atoms with Crippen molar-refractivity contribution in [3.8, 4) is 11.1 Å². The highest BCUT2D eigenvalue weighted by molar-refractivity contribution is 5.94. The Morgan fingerprint density at radius 1 is 0.925 bits per heavy atom. The topological polar surface area (TPSA) is 165 Å². The predicted molar refractivity (Wildman–Crippen MR) is 200 cm³/mol. The highest BCUT2D eigenvalue weighted by atomic mass is 16.6. The number of esters is 1. The largest absolute Gasteiger partial charge is 0.465 e. The van der Waals surface area contributed by atoms with Crippen LogP contribution in [0.5, 0.6) is 0 Å². The molecule has 0 saturated carbocycles. The smallest absolute Gasteiger partial charge is 0.419 e. The summed E-state index contributed by atoms with van der Waals surface area (Å²) in [6, 6.07) is 22.1. The number of carbonyl (C=O) groups is 4. The molecule has 0 saturated heterocycles. The fourth-order valence-corrected chi connectivity index (χ4v) is 6.63. The lowest BCUT2D eigenvalue weighted by atomic mass is 9.98. The number of para-hydroxylation sites is 1. The van der Waals surface area contributed by atoms with E-state index in [4.69, 9.17) is 19.7 Å². The van der Waals surface area contributed by atoms with Gasteiger partial charge in [-0.1, -0.05) is 78.3 Å². The van der Waals surface area contributed by atoms with Gasteiger partial charge in [-0.05, 0) is 80.0 Å². The van der Waals surface area contributed by atoms with Gasteiger partial charge in [-0.2, -0.15) is 0 Å². The summed E-state index contributed by atoms with van der Waals surface area (Å²) in [5.74, 6) is -1.30. The average molecular weight is 723 g/mol. The maximum absolute atomic E-state index is 14.4. The number of nitrogens with one attached hydrogen (secondary N) is 1. The van der Waals surface area contributed by atoms with Gasteiger partial charge in [-0.3, -0.25) is 14.2 Å². The van der Waals surface area contributed by atoms with Gasteiger partial charge in [0.15, 0.2) is 0 Å². The van der Waals surface area contributed by atoms with Crippen molar-refractivity contribution in [3.05, 3.63) is 106 Å². The lowest BCUT2D eigenvalue weighted by Crippen LogP contribution is -2.51. The highest BCUT2D eigenvalue weighted by Gasteiger charge is 2.32. The van der Waals surface area contributed by atoms with Crippen LogP contribution in [0.15, 0.2) is 84.1 Å². The summed E-state index contributed by atoms with van der Waals surface area (Å²) in [7, 11) is 0. The Labute approximate surface area is 308 Å². The van der Waals surface area contributed by atoms with Crippen LogP contribution in [-0.4, -0.2) is 78.0 Å². The molecule has 0 radical (unpaired) electrons. The normalized spacial score (nSPS) is 12.6. The number of alkyl carbamates (subject to hydrolysis) is 1. The monoisotopic (exact) mass is 722 g/mol. The van der Waals surface area contributed by atoms with Gasteiger partial charge in [-0.25, -0.2) is 9.59 Å². The number of carbonyl (C=O) groups excluding carboxylic acids is 4. The molecule has 1 N–H and O–H groups in total. The molecule has 53 heavy (non-hydrogen) atoms. The molecule has 0 fully saturated rings. The van der Waals surface area contributed by atoms with Crippen molar-refractivity contribution in [3.63, 3.8) is 0 Å². The summed E-state index contributed by atoms with van der Waals surface area (Å²) in [5, 5.41) is 7.06. The van der Waals surface area contributed by atoms with Crippen molar-refractivity contribution >= 4 is 35.0 Å². The minimum absolute atomic E-state index is 0.0183. The molecule has 2 amide bonds. The predicted octanol–water partition coefficient (Wildman–Crippen LogP) is 7.75. The maximum atomic E-state index is 14.4. The molecule has 4 aromatic rings. The number of nitrogens with zero attached hydrogens (tertiary/aromatic N) is 5. The fourth-order valence-electron chi connectivity index (χ4n) is 6.63. The molecule has 0 spiro atoms.